The number of carbonyl (C=O) groups excluding carboxylic acids is 1. The van der Waals surface area contributed by atoms with Gasteiger partial charge in [-0.3, -0.25) is 9.78 Å². The molecule has 0 atom stereocenters. The van der Waals surface area contributed by atoms with Gasteiger partial charge in [-0.2, -0.15) is 0 Å². The quantitative estimate of drug-likeness (QED) is 0.594. The van der Waals surface area contributed by atoms with Crippen LogP contribution in [0, 0.1) is 0 Å². The second-order valence-electron chi connectivity index (χ2n) is 6.56. The molecule has 3 aromatic carbocycles. The Labute approximate surface area is 157 Å². The van der Waals surface area contributed by atoms with Gasteiger partial charge in [-0.15, -0.1) is 0 Å². The number of fused-ring (bicyclic) bond motifs is 1. The van der Waals surface area contributed by atoms with E-state index in [1.165, 1.54) is 6.20 Å². The Kier molecular flexibility index (Phi) is 4.38. The van der Waals surface area contributed by atoms with Crippen molar-refractivity contribution in [2.45, 2.75) is 12.5 Å². The first-order valence-corrected chi connectivity index (χ1v) is 8.82. The van der Waals surface area contributed by atoms with Crippen LogP contribution in [0.25, 0.3) is 11.0 Å². The summed E-state index contributed by atoms with van der Waals surface area (Å²) in [5, 5.41) is 3.17. The predicted octanol–water partition coefficient (Wildman–Crippen LogP) is 4.32. The Morgan fingerprint density at radius 1 is 0.778 bits per heavy atom. The molecule has 4 heteroatoms. The van der Waals surface area contributed by atoms with E-state index in [0.717, 1.165) is 16.6 Å². The van der Waals surface area contributed by atoms with Gasteiger partial charge in [0.05, 0.1) is 22.8 Å². The molecule has 0 fully saturated rings. The molecule has 27 heavy (non-hydrogen) atoms. The standard InChI is InChI=1S/C23H19N3O/c1-23(17-10-4-2-5-11-17,18-12-6-3-7-13-18)26-22(27)21-16-24-19-14-8-9-15-20(19)25-21/h2-16H,1H3,(H,26,27). The number of amides is 1. The maximum absolute atomic E-state index is 13.0. The molecule has 0 aliphatic carbocycles. The highest BCUT2D eigenvalue weighted by atomic mass is 16.2. The fraction of sp³-hybridized carbons (Fsp3) is 0.0870. The summed E-state index contributed by atoms with van der Waals surface area (Å²) in [7, 11) is 0. The van der Waals surface area contributed by atoms with Crippen LogP contribution in [0.1, 0.15) is 28.5 Å². The van der Waals surface area contributed by atoms with Crippen LogP contribution in [-0.2, 0) is 5.54 Å². The van der Waals surface area contributed by atoms with Gasteiger partial charge < -0.3 is 5.32 Å². The Bertz CT molecular complexity index is 1040. The highest BCUT2D eigenvalue weighted by Crippen LogP contribution is 2.29. The van der Waals surface area contributed by atoms with Crippen LogP contribution < -0.4 is 5.32 Å². The molecule has 132 valence electrons. The zero-order valence-corrected chi connectivity index (χ0v) is 15.0. The molecule has 1 N–H and O–H groups in total. The SMILES string of the molecule is CC(NC(=O)c1cnc2ccccc2n1)(c1ccccc1)c1ccccc1. The lowest BCUT2D eigenvalue weighted by atomic mass is 9.84. The van der Waals surface area contributed by atoms with Crippen LogP contribution >= 0.6 is 0 Å². The Hall–Kier alpha value is -3.53. The molecule has 0 spiro atoms. The fourth-order valence-corrected chi connectivity index (χ4v) is 3.21. The van der Waals surface area contributed by atoms with Gasteiger partial charge in [0.2, 0.25) is 0 Å². The van der Waals surface area contributed by atoms with E-state index in [1.54, 1.807) is 0 Å². The van der Waals surface area contributed by atoms with E-state index in [2.05, 4.69) is 15.3 Å². The molecule has 0 radical (unpaired) electrons. The second-order valence-corrected chi connectivity index (χ2v) is 6.56. The van der Waals surface area contributed by atoms with Crippen molar-refractivity contribution in [2.75, 3.05) is 0 Å². The third kappa shape index (κ3) is 3.29. The van der Waals surface area contributed by atoms with Gasteiger partial charge in [0.25, 0.3) is 5.91 Å². The third-order valence-corrected chi connectivity index (χ3v) is 4.75. The number of aromatic nitrogens is 2. The molecule has 0 aliphatic rings. The van der Waals surface area contributed by atoms with Crippen LogP contribution in [0.4, 0.5) is 0 Å². The van der Waals surface area contributed by atoms with Gasteiger partial charge in [0.1, 0.15) is 5.69 Å². The summed E-state index contributed by atoms with van der Waals surface area (Å²) >= 11 is 0. The minimum Gasteiger partial charge on any atom is -0.337 e. The van der Waals surface area contributed by atoms with Crippen LogP contribution in [-0.4, -0.2) is 15.9 Å². The lowest BCUT2D eigenvalue weighted by Crippen LogP contribution is -2.44. The number of nitrogens with one attached hydrogen (secondary N) is 1. The number of carbonyl (C=O) groups is 1. The average molecular weight is 353 g/mol. The topological polar surface area (TPSA) is 54.9 Å². The molecule has 0 bridgehead atoms. The van der Waals surface area contributed by atoms with E-state index >= 15 is 0 Å². The van der Waals surface area contributed by atoms with Crippen molar-refractivity contribution in [3.8, 4) is 0 Å². The molecule has 0 aliphatic heterocycles. The first-order valence-electron chi connectivity index (χ1n) is 8.82. The first kappa shape index (κ1) is 16.9. The molecular formula is C23H19N3O. The van der Waals surface area contributed by atoms with Crippen molar-refractivity contribution in [1.82, 2.24) is 15.3 Å². The molecule has 4 nitrogen and oxygen atoms in total. The van der Waals surface area contributed by atoms with E-state index in [9.17, 15) is 4.79 Å². The van der Waals surface area contributed by atoms with Gasteiger partial charge in [0, 0.05) is 0 Å². The molecule has 1 aromatic heterocycles. The van der Waals surface area contributed by atoms with Crippen LogP contribution in [0.2, 0.25) is 0 Å². The smallest absolute Gasteiger partial charge is 0.272 e. The molecule has 1 amide bonds. The fourth-order valence-electron chi connectivity index (χ4n) is 3.21. The summed E-state index contributed by atoms with van der Waals surface area (Å²) in [6.45, 7) is 2.00. The van der Waals surface area contributed by atoms with Crippen LogP contribution in [0.15, 0.2) is 91.1 Å². The number of nitrogens with zero attached hydrogens (tertiary/aromatic N) is 2. The van der Waals surface area contributed by atoms with E-state index in [4.69, 9.17) is 0 Å². The first-order chi connectivity index (χ1) is 13.2. The number of hydrogen-bond donors (Lipinski definition) is 1. The number of rotatable bonds is 4. The molecule has 4 rings (SSSR count). The number of hydrogen-bond acceptors (Lipinski definition) is 3. The zero-order chi connectivity index (χ0) is 18.7. The molecule has 0 saturated heterocycles. The second kappa shape index (κ2) is 7.00. The highest BCUT2D eigenvalue weighted by molar-refractivity contribution is 5.94. The normalized spacial score (nSPS) is 11.3. The van der Waals surface area contributed by atoms with Crippen molar-refractivity contribution in [2.24, 2.45) is 0 Å². The minimum atomic E-state index is -0.688. The maximum atomic E-state index is 13.0. The van der Waals surface area contributed by atoms with Crippen molar-refractivity contribution < 1.29 is 4.79 Å². The Balaban J connectivity index is 1.74. The summed E-state index contributed by atoms with van der Waals surface area (Å²) in [6, 6.07) is 27.4. The third-order valence-electron chi connectivity index (χ3n) is 4.75. The van der Waals surface area contributed by atoms with Gasteiger partial charge >= 0.3 is 0 Å². The Morgan fingerprint density at radius 2 is 1.30 bits per heavy atom. The largest absolute Gasteiger partial charge is 0.337 e. The summed E-state index contributed by atoms with van der Waals surface area (Å²) in [4.78, 5) is 21.9. The lowest BCUT2D eigenvalue weighted by molar-refractivity contribution is 0.0914. The summed E-state index contributed by atoms with van der Waals surface area (Å²) in [6.07, 6.45) is 1.52. The minimum absolute atomic E-state index is 0.261. The number of benzene rings is 3. The van der Waals surface area contributed by atoms with Crippen LogP contribution in [0.3, 0.4) is 0 Å². The van der Waals surface area contributed by atoms with Crippen LogP contribution in [0.5, 0.6) is 0 Å². The van der Waals surface area contributed by atoms with Gasteiger partial charge in [-0.25, -0.2) is 4.98 Å². The van der Waals surface area contributed by atoms with Crippen molar-refractivity contribution >= 4 is 16.9 Å². The zero-order valence-electron chi connectivity index (χ0n) is 15.0. The molecule has 0 unspecified atom stereocenters. The van der Waals surface area contributed by atoms with E-state index in [-0.39, 0.29) is 5.91 Å². The van der Waals surface area contributed by atoms with Crippen molar-refractivity contribution in [3.63, 3.8) is 0 Å². The molecular weight excluding hydrogens is 334 g/mol. The summed E-state index contributed by atoms with van der Waals surface area (Å²) in [5.74, 6) is -0.261. The lowest BCUT2D eigenvalue weighted by Gasteiger charge is -2.32. The van der Waals surface area contributed by atoms with E-state index < -0.39 is 5.54 Å². The number of para-hydroxylation sites is 2. The monoisotopic (exact) mass is 353 g/mol. The molecule has 0 saturated carbocycles. The van der Waals surface area contributed by atoms with Gasteiger partial charge in [-0.1, -0.05) is 72.8 Å². The molecule has 1 heterocycles. The predicted molar refractivity (Wildman–Crippen MR) is 106 cm³/mol. The molecule has 4 aromatic rings. The highest BCUT2D eigenvalue weighted by Gasteiger charge is 2.31. The Morgan fingerprint density at radius 3 is 1.89 bits per heavy atom. The van der Waals surface area contributed by atoms with E-state index in [1.807, 2.05) is 91.9 Å². The van der Waals surface area contributed by atoms with Crippen molar-refractivity contribution in [3.05, 3.63) is 108 Å². The van der Waals surface area contributed by atoms with Crippen molar-refractivity contribution in [1.29, 1.82) is 0 Å². The summed E-state index contributed by atoms with van der Waals surface area (Å²) in [5.41, 5.74) is 3.07. The van der Waals surface area contributed by atoms with Gasteiger partial charge in [-0.05, 0) is 30.2 Å². The van der Waals surface area contributed by atoms with E-state index in [0.29, 0.717) is 11.2 Å². The average Bonchev–Trinajstić information content (AvgIpc) is 2.74. The van der Waals surface area contributed by atoms with Gasteiger partial charge in [0.15, 0.2) is 0 Å². The summed E-state index contributed by atoms with van der Waals surface area (Å²) < 4.78 is 0. The maximum Gasteiger partial charge on any atom is 0.272 e.